The predicted octanol–water partition coefficient (Wildman–Crippen LogP) is 3.44. The highest BCUT2D eigenvalue weighted by atomic mass is 16.5. The van der Waals surface area contributed by atoms with Gasteiger partial charge in [0.1, 0.15) is 0 Å². The number of ether oxygens (including phenoxy) is 2. The number of carbonyl (C=O) groups is 2. The van der Waals surface area contributed by atoms with Crippen molar-refractivity contribution < 1.29 is 19.1 Å². The van der Waals surface area contributed by atoms with Crippen LogP contribution in [0.5, 0.6) is 0 Å². The molecule has 1 unspecified atom stereocenters. The molecule has 6 heteroatoms. The lowest BCUT2D eigenvalue weighted by Gasteiger charge is -2.14. The molecule has 0 bridgehead atoms. The highest BCUT2D eigenvalue weighted by molar-refractivity contribution is 6.04. The van der Waals surface area contributed by atoms with E-state index in [1.807, 2.05) is 6.08 Å². The van der Waals surface area contributed by atoms with Gasteiger partial charge in [0.25, 0.3) is 0 Å². The molecule has 1 saturated heterocycles. The third-order valence-electron chi connectivity index (χ3n) is 4.96. The number of rotatable bonds is 18. The topological polar surface area (TPSA) is 81.9 Å². The summed E-state index contributed by atoms with van der Waals surface area (Å²) in [5.41, 5.74) is 5.33. The van der Waals surface area contributed by atoms with Gasteiger partial charge in [-0.2, -0.15) is 0 Å². The highest BCUT2D eigenvalue weighted by Gasteiger charge is 2.36. The van der Waals surface area contributed by atoms with Crippen LogP contribution < -0.4 is 5.73 Å². The third kappa shape index (κ3) is 10.9. The van der Waals surface area contributed by atoms with Crippen molar-refractivity contribution in [2.75, 3.05) is 39.5 Å². The summed E-state index contributed by atoms with van der Waals surface area (Å²) in [7, 11) is 0. The van der Waals surface area contributed by atoms with Crippen molar-refractivity contribution in [1.82, 2.24) is 4.90 Å². The van der Waals surface area contributed by atoms with Gasteiger partial charge in [-0.15, -0.1) is 0 Å². The Morgan fingerprint density at radius 3 is 2.29 bits per heavy atom. The van der Waals surface area contributed by atoms with E-state index < -0.39 is 0 Å². The van der Waals surface area contributed by atoms with Crippen LogP contribution in [0.25, 0.3) is 0 Å². The fourth-order valence-corrected chi connectivity index (χ4v) is 3.31. The Balaban J connectivity index is 2.09. The van der Waals surface area contributed by atoms with Gasteiger partial charge in [-0.1, -0.05) is 64.0 Å². The first-order chi connectivity index (χ1) is 13.7. The molecule has 6 nitrogen and oxygen atoms in total. The second kappa shape index (κ2) is 16.7. The van der Waals surface area contributed by atoms with E-state index in [0.717, 1.165) is 12.8 Å². The van der Waals surface area contributed by atoms with Crippen LogP contribution in [-0.2, 0) is 19.1 Å². The Morgan fingerprint density at radius 1 is 0.964 bits per heavy atom. The monoisotopic (exact) mass is 396 g/mol. The first-order valence-corrected chi connectivity index (χ1v) is 11.1. The van der Waals surface area contributed by atoms with Gasteiger partial charge >= 0.3 is 0 Å². The summed E-state index contributed by atoms with van der Waals surface area (Å²) in [6, 6.07) is 0. The molecule has 1 aliphatic heterocycles. The molecule has 28 heavy (non-hydrogen) atoms. The van der Waals surface area contributed by atoms with E-state index in [4.69, 9.17) is 15.2 Å². The molecule has 1 rings (SSSR count). The maximum atomic E-state index is 12.4. The molecule has 0 aromatic heterocycles. The first kappa shape index (κ1) is 24.8. The number of likely N-dealkylation sites (tertiary alicyclic amines) is 1. The Hall–Kier alpha value is -1.24. The molecular weight excluding hydrogens is 356 g/mol. The molecule has 0 spiro atoms. The molecule has 1 aliphatic rings. The quantitative estimate of drug-likeness (QED) is 0.218. The van der Waals surface area contributed by atoms with Crippen LogP contribution in [-0.4, -0.2) is 56.2 Å². The van der Waals surface area contributed by atoms with E-state index in [2.05, 4.69) is 13.0 Å². The maximum Gasteiger partial charge on any atom is 0.236 e. The molecule has 1 heterocycles. The SMILES string of the molecule is CCCCCCCCCC/C=C/C1CC(=O)N(CCOCCOCCN)C1=O. The zero-order chi connectivity index (χ0) is 20.5. The molecule has 0 aromatic carbocycles. The minimum atomic E-state index is -0.297. The Labute approximate surface area is 170 Å². The van der Waals surface area contributed by atoms with Crippen LogP contribution in [0.1, 0.15) is 71.1 Å². The fraction of sp³-hybridized carbons (Fsp3) is 0.818. The van der Waals surface area contributed by atoms with Gasteiger partial charge in [-0.25, -0.2) is 0 Å². The van der Waals surface area contributed by atoms with Crippen molar-refractivity contribution in [1.29, 1.82) is 0 Å². The number of allylic oxidation sites excluding steroid dienone is 1. The van der Waals surface area contributed by atoms with Crippen LogP contribution in [0.15, 0.2) is 12.2 Å². The molecule has 2 amide bonds. The number of unbranched alkanes of at least 4 members (excludes halogenated alkanes) is 8. The molecule has 0 aromatic rings. The summed E-state index contributed by atoms with van der Waals surface area (Å²) in [6.07, 6.45) is 15.6. The zero-order valence-corrected chi connectivity index (χ0v) is 17.7. The van der Waals surface area contributed by atoms with E-state index in [1.54, 1.807) is 0 Å². The molecule has 2 N–H and O–H groups in total. The lowest BCUT2D eigenvalue weighted by atomic mass is 10.0. The van der Waals surface area contributed by atoms with Crippen molar-refractivity contribution in [2.24, 2.45) is 11.7 Å². The largest absolute Gasteiger partial charge is 0.378 e. The first-order valence-electron chi connectivity index (χ1n) is 11.1. The normalized spacial score (nSPS) is 17.4. The number of nitrogens with zero attached hydrogens (tertiary/aromatic N) is 1. The van der Waals surface area contributed by atoms with Crippen LogP contribution >= 0.6 is 0 Å². The predicted molar refractivity (Wildman–Crippen MR) is 112 cm³/mol. The average molecular weight is 397 g/mol. The summed E-state index contributed by atoms with van der Waals surface area (Å²) in [4.78, 5) is 25.8. The lowest BCUT2D eigenvalue weighted by molar-refractivity contribution is -0.139. The number of carbonyl (C=O) groups excluding carboxylic acids is 2. The number of amides is 2. The second-order valence-electron chi connectivity index (χ2n) is 7.40. The van der Waals surface area contributed by atoms with Gasteiger partial charge in [0.15, 0.2) is 0 Å². The van der Waals surface area contributed by atoms with Crippen LogP contribution in [0.2, 0.25) is 0 Å². The third-order valence-corrected chi connectivity index (χ3v) is 4.96. The summed E-state index contributed by atoms with van der Waals surface area (Å²) in [5, 5.41) is 0. The zero-order valence-electron chi connectivity index (χ0n) is 17.7. The van der Waals surface area contributed by atoms with Gasteiger partial charge < -0.3 is 15.2 Å². The minimum absolute atomic E-state index is 0.0971. The number of imide groups is 1. The Kier molecular flexibility index (Phi) is 14.8. The molecule has 0 radical (unpaired) electrons. The Morgan fingerprint density at radius 2 is 1.61 bits per heavy atom. The summed E-state index contributed by atoms with van der Waals surface area (Å²) in [5.74, 6) is -0.496. The van der Waals surface area contributed by atoms with E-state index in [-0.39, 0.29) is 24.2 Å². The van der Waals surface area contributed by atoms with Gasteiger partial charge in [-0.05, 0) is 12.8 Å². The number of nitrogens with two attached hydrogens (primary N) is 1. The number of hydrogen-bond donors (Lipinski definition) is 1. The van der Waals surface area contributed by atoms with Crippen molar-refractivity contribution in [3.63, 3.8) is 0 Å². The van der Waals surface area contributed by atoms with Crippen LogP contribution in [0.4, 0.5) is 0 Å². The van der Waals surface area contributed by atoms with E-state index in [1.165, 1.54) is 49.8 Å². The smallest absolute Gasteiger partial charge is 0.236 e. The lowest BCUT2D eigenvalue weighted by Crippen LogP contribution is -2.33. The van der Waals surface area contributed by atoms with Gasteiger partial charge in [0, 0.05) is 13.0 Å². The van der Waals surface area contributed by atoms with Crippen molar-refractivity contribution in [3.05, 3.63) is 12.2 Å². The molecule has 0 saturated carbocycles. The molecular formula is C22H40N2O4. The molecule has 1 atom stereocenters. The van der Waals surface area contributed by atoms with E-state index in [9.17, 15) is 9.59 Å². The van der Waals surface area contributed by atoms with Crippen LogP contribution in [0, 0.1) is 5.92 Å². The summed E-state index contributed by atoms with van der Waals surface area (Å²) in [6.45, 7) is 4.82. The van der Waals surface area contributed by atoms with Crippen LogP contribution in [0.3, 0.4) is 0 Å². The van der Waals surface area contributed by atoms with Gasteiger partial charge in [-0.3, -0.25) is 14.5 Å². The molecule has 162 valence electrons. The molecule has 1 fully saturated rings. The van der Waals surface area contributed by atoms with Crippen molar-refractivity contribution in [2.45, 2.75) is 71.1 Å². The average Bonchev–Trinajstić information content (AvgIpc) is 2.96. The van der Waals surface area contributed by atoms with Gasteiger partial charge in [0.2, 0.25) is 11.8 Å². The highest BCUT2D eigenvalue weighted by Crippen LogP contribution is 2.21. The standard InChI is InChI=1S/C22H40N2O4/c1-2-3-4-5-6-7-8-9-10-11-12-20-19-21(25)24(22(20)26)14-16-28-18-17-27-15-13-23/h11-12,20H,2-10,13-19,23H2,1H3/b12-11+. The Bertz CT molecular complexity index is 454. The van der Waals surface area contributed by atoms with E-state index in [0.29, 0.717) is 39.5 Å². The number of hydrogen-bond acceptors (Lipinski definition) is 5. The minimum Gasteiger partial charge on any atom is -0.378 e. The second-order valence-corrected chi connectivity index (χ2v) is 7.40. The van der Waals surface area contributed by atoms with E-state index >= 15 is 0 Å². The van der Waals surface area contributed by atoms with Crippen molar-refractivity contribution >= 4 is 11.8 Å². The summed E-state index contributed by atoms with van der Waals surface area (Å²) < 4.78 is 10.6. The fourth-order valence-electron chi connectivity index (χ4n) is 3.31. The van der Waals surface area contributed by atoms with Gasteiger partial charge in [0.05, 0.1) is 38.9 Å². The van der Waals surface area contributed by atoms with Crippen molar-refractivity contribution in [3.8, 4) is 0 Å². The summed E-state index contributed by atoms with van der Waals surface area (Å²) >= 11 is 0. The maximum absolute atomic E-state index is 12.4. The molecule has 0 aliphatic carbocycles.